The van der Waals surface area contributed by atoms with E-state index < -0.39 is 11.9 Å². The lowest BCUT2D eigenvalue weighted by Crippen LogP contribution is -2.25. The molecule has 0 atom stereocenters. The first-order chi connectivity index (χ1) is 8.02. The van der Waals surface area contributed by atoms with E-state index in [-0.39, 0.29) is 18.7 Å². The lowest BCUT2D eigenvalue weighted by atomic mass is 10.3. The molecule has 1 aliphatic heterocycles. The van der Waals surface area contributed by atoms with Crippen molar-refractivity contribution in [3.05, 3.63) is 24.0 Å². The van der Waals surface area contributed by atoms with Crippen LogP contribution in [0.1, 0.15) is 16.9 Å². The van der Waals surface area contributed by atoms with Crippen molar-refractivity contribution in [3.63, 3.8) is 0 Å². The average Bonchev–Trinajstić information content (AvgIpc) is 2.69. The molecule has 1 aromatic rings. The summed E-state index contributed by atoms with van der Waals surface area (Å²) >= 11 is 0. The fraction of sp³-hybridized carbons (Fsp3) is 0.455. The fourth-order valence-corrected chi connectivity index (χ4v) is 1.75. The summed E-state index contributed by atoms with van der Waals surface area (Å²) in [5, 5.41) is 0. The van der Waals surface area contributed by atoms with Crippen LogP contribution in [0.3, 0.4) is 0 Å². The number of aromatic nitrogens is 1. The van der Waals surface area contributed by atoms with Crippen molar-refractivity contribution >= 4 is 11.7 Å². The number of hydrogen-bond acceptors (Lipinski definition) is 4. The molecule has 0 radical (unpaired) electrons. The fourth-order valence-electron chi connectivity index (χ4n) is 1.75. The first-order valence-corrected chi connectivity index (χ1v) is 5.19. The quantitative estimate of drug-likeness (QED) is 0.740. The van der Waals surface area contributed by atoms with Crippen LogP contribution in [0.25, 0.3) is 0 Å². The maximum atomic E-state index is 13.0. The molecule has 1 fully saturated rings. The van der Waals surface area contributed by atoms with Crippen LogP contribution in [0, 0.1) is 0 Å². The number of pyridine rings is 1. The molecule has 2 rings (SSSR count). The molecule has 0 aliphatic carbocycles. The summed E-state index contributed by atoms with van der Waals surface area (Å²) < 4.78 is 30.5. The van der Waals surface area contributed by atoms with Crippen molar-refractivity contribution < 1.29 is 18.3 Å². The highest BCUT2D eigenvalue weighted by Gasteiger charge is 2.38. The Balaban J connectivity index is 2.11. The van der Waals surface area contributed by atoms with Gasteiger partial charge in [0.1, 0.15) is 5.69 Å². The average molecular weight is 242 g/mol. The molecule has 92 valence electrons. The van der Waals surface area contributed by atoms with Crippen LogP contribution in [-0.4, -0.2) is 37.1 Å². The summed E-state index contributed by atoms with van der Waals surface area (Å²) in [6.07, 6.45) is 1.26. The molecule has 6 heteroatoms. The summed E-state index contributed by atoms with van der Waals surface area (Å²) in [7, 11) is 1.26. The Kier molecular flexibility index (Phi) is 2.95. The van der Waals surface area contributed by atoms with Crippen molar-refractivity contribution in [1.82, 2.24) is 4.98 Å². The Bertz CT molecular complexity index is 420. The molecule has 2 heterocycles. The van der Waals surface area contributed by atoms with Gasteiger partial charge < -0.3 is 9.64 Å². The third kappa shape index (κ3) is 2.51. The van der Waals surface area contributed by atoms with Gasteiger partial charge in [-0.1, -0.05) is 0 Å². The van der Waals surface area contributed by atoms with E-state index in [1.807, 2.05) is 0 Å². The number of hydrogen-bond donors (Lipinski definition) is 0. The summed E-state index contributed by atoms with van der Waals surface area (Å²) in [6, 6.07) is 3.07. The van der Waals surface area contributed by atoms with Crippen LogP contribution >= 0.6 is 0 Å². The predicted octanol–water partition coefficient (Wildman–Crippen LogP) is 1.71. The Morgan fingerprint density at radius 1 is 1.53 bits per heavy atom. The highest BCUT2D eigenvalue weighted by atomic mass is 19.3. The summed E-state index contributed by atoms with van der Waals surface area (Å²) in [5.74, 6) is -3.18. The van der Waals surface area contributed by atoms with E-state index in [0.717, 1.165) is 0 Å². The number of anilines is 1. The smallest absolute Gasteiger partial charge is 0.356 e. The number of methoxy groups -OCH3 is 1. The Morgan fingerprint density at radius 2 is 2.29 bits per heavy atom. The summed E-state index contributed by atoms with van der Waals surface area (Å²) in [5.41, 5.74) is 0.761. The van der Waals surface area contributed by atoms with E-state index >= 15 is 0 Å². The number of carbonyl (C=O) groups is 1. The van der Waals surface area contributed by atoms with Crippen molar-refractivity contribution in [2.75, 3.05) is 25.1 Å². The molecular weight excluding hydrogens is 230 g/mol. The van der Waals surface area contributed by atoms with E-state index in [1.165, 1.54) is 19.4 Å². The molecule has 0 amide bonds. The van der Waals surface area contributed by atoms with Crippen LogP contribution in [-0.2, 0) is 4.74 Å². The topological polar surface area (TPSA) is 42.4 Å². The van der Waals surface area contributed by atoms with E-state index in [0.29, 0.717) is 12.2 Å². The number of esters is 1. The van der Waals surface area contributed by atoms with Crippen molar-refractivity contribution in [2.24, 2.45) is 0 Å². The van der Waals surface area contributed by atoms with Crippen LogP contribution in [0.5, 0.6) is 0 Å². The maximum absolute atomic E-state index is 13.0. The van der Waals surface area contributed by atoms with Gasteiger partial charge in [-0.2, -0.15) is 0 Å². The van der Waals surface area contributed by atoms with E-state index in [9.17, 15) is 13.6 Å². The molecule has 0 spiro atoms. The normalized spacial score (nSPS) is 18.2. The zero-order chi connectivity index (χ0) is 12.5. The molecule has 1 aromatic heterocycles. The van der Waals surface area contributed by atoms with Crippen LogP contribution in [0.4, 0.5) is 14.5 Å². The number of ether oxygens (including phenoxy) is 1. The number of rotatable bonds is 2. The molecule has 4 nitrogen and oxygen atoms in total. The van der Waals surface area contributed by atoms with Crippen LogP contribution in [0.15, 0.2) is 18.3 Å². The first kappa shape index (κ1) is 11.8. The predicted molar refractivity (Wildman–Crippen MR) is 57.4 cm³/mol. The highest BCUT2D eigenvalue weighted by molar-refractivity contribution is 5.87. The van der Waals surface area contributed by atoms with Crippen molar-refractivity contribution in [2.45, 2.75) is 12.3 Å². The molecule has 0 bridgehead atoms. The van der Waals surface area contributed by atoms with Gasteiger partial charge in [-0.15, -0.1) is 0 Å². The van der Waals surface area contributed by atoms with Gasteiger partial charge in [0, 0.05) is 13.0 Å². The van der Waals surface area contributed by atoms with Gasteiger partial charge in [0.2, 0.25) is 0 Å². The second-order valence-electron chi connectivity index (χ2n) is 3.92. The van der Waals surface area contributed by atoms with Crippen molar-refractivity contribution in [1.29, 1.82) is 0 Å². The minimum absolute atomic E-state index is 0.147. The molecule has 0 saturated carbocycles. The summed E-state index contributed by atoms with van der Waals surface area (Å²) in [6.45, 7) is -0.00149. The van der Waals surface area contributed by atoms with Gasteiger partial charge >= 0.3 is 5.97 Å². The number of halogens is 2. The minimum Gasteiger partial charge on any atom is -0.464 e. The molecule has 17 heavy (non-hydrogen) atoms. The highest BCUT2D eigenvalue weighted by Crippen LogP contribution is 2.30. The van der Waals surface area contributed by atoms with E-state index in [1.54, 1.807) is 11.0 Å². The number of carbonyl (C=O) groups excluding carboxylic acids is 1. The van der Waals surface area contributed by atoms with Gasteiger partial charge in [0.15, 0.2) is 0 Å². The van der Waals surface area contributed by atoms with Crippen LogP contribution in [0.2, 0.25) is 0 Å². The SMILES string of the molecule is COC(=O)c1ccc(N2CCC(F)(F)C2)cn1. The zero-order valence-electron chi connectivity index (χ0n) is 9.32. The zero-order valence-corrected chi connectivity index (χ0v) is 9.32. The van der Waals surface area contributed by atoms with Gasteiger partial charge in [-0.25, -0.2) is 18.6 Å². The van der Waals surface area contributed by atoms with Gasteiger partial charge in [-0.05, 0) is 12.1 Å². The Labute approximate surface area is 97.2 Å². The third-order valence-electron chi connectivity index (χ3n) is 2.68. The number of alkyl halides is 2. The maximum Gasteiger partial charge on any atom is 0.356 e. The van der Waals surface area contributed by atoms with Crippen molar-refractivity contribution in [3.8, 4) is 0 Å². The molecule has 0 unspecified atom stereocenters. The molecule has 0 N–H and O–H groups in total. The third-order valence-corrected chi connectivity index (χ3v) is 2.68. The molecule has 1 aliphatic rings. The monoisotopic (exact) mass is 242 g/mol. The van der Waals surface area contributed by atoms with Crippen LogP contribution < -0.4 is 4.90 Å². The van der Waals surface area contributed by atoms with Gasteiger partial charge in [0.25, 0.3) is 5.92 Å². The number of nitrogens with zero attached hydrogens (tertiary/aromatic N) is 2. The van der Waals surface area contributed by atoms with E-state index in [4.69, 9.17) is 0 Å². The molecule has 1 saturated heterocycles. The molecule has 0 aromatic carbocycles. The largest absolute Gasteiger partial charge is 0.464 e. The summed E-state index contributed by atoms with van der Waals surface area (Å²) in [4.78, 5) is 16.6. The second kappa shape index (κ2) is 4.27. The Morgan fingerprint density at radius 3 is 2.76 bits per heavy atom. The van der Waals surface area contributed by atoms with E-state index in [2.05, 4.69) is 9.72 Å². The van der Waals surface area contributed by atoms with Gasteiger partial charge in [-0.3, -0.25) is 0 Å². The lowest BCUT2D eigenvalue weighted by Gasteiger charge is -2.17. The standard InChI is InChI=1S/C11H12F2N2O2/c1-17-10(16)9-3-2-8(6-14-9)15-5-4-11(12,13)7-15/h2-3,6H,4-5,7H2,1H3. The Hall–Kier alpha value is -1.72. The lowest BCUT2D eigenvalue weighted by molar-refractivity contribution is 0.0257. The second-order valence-corrected chi connectivity index (χ2v) is 3.92. The first-order valence-electron chi connectivity index (χ1n) is 5.19. The molecular formula is C11H12F2N2O2. The van der Waals surface area contributed by atoms with Gasteiger partial charge in [0.05, 0.1) is 25.5 Å². The minimum atomic E-state index is -2.64.